The van der Waals surface area contributed by atoms with Crippen LogP contribution >= 0.6 is 11.8 Å². The lowest BCUT2D eigenvalue weighted by Crippen LogP contribution is -2.05. The summed E-state index contributed by atoms with van der Waals surface area (Å²) >= 11 is 1.73. The largest absolute Gasteiger partial charge is 0.399 e. The summed E-state index contributed by atoms with van der Waals surface area (Å²) in [6.45, 7) is 4.58. The maximum absolute atomic E-state index is 5.95. The number of rotatable bonds is 6. The molecule has 0 saturated carbocycles. The lowest BCUT2D eigenvalue weighted by Gasteiger charge is -2.08. The molecule has 1 heterocycles. The van der Waals surface area contributed by atoms with Gasteiger partial charge < -0.3 is 15.0 Å². The fraction of sp³-hybridized carbons (Fsp3) is 0.429. The average Bonchev–Trinajstić information content (AvgIpc) is 2.77. The Bertz CT molecular complexity index is 522. The molecule has 2 rings (SSSR count). The molecule has 0 spiro atoms. The minimum Gasteiger partial charge on any atom is -0.399 e. The summed E-state index contributed by atoms with van der Waals surface area (Å²) in [6, 6.07) is 6.22. The highest BCUT2D eigenvalue weighted by Gasteiger charge is 2.06. The monoisotopic (exact) mass is 264 g/mol. The highest BCUT2D eigenvalue weighted by atomic mass is 32.2. The molecule has 1 aromatic carbocycles. The average molecular weight is 264 g/mol. The number of aromatic nitrogens is 1. The van der Waals surface area contributed by atoms with E-state index in [1.165, 1.54) is 15.8 Å². The summed E-state index contributed by atoms with van der Waals surface area (Å²) in [7, 11) is 0. The summed E-state index contributed by atoms with van der Waals surface area (Å²) < 4.78 is 7.74. The minimum atomic E-state index is 0.751. The van der Waals surface area contributed by atoms with Gasteiger partial charge in [0.1, 0.15) is 0 Å². The van der Waals surface area contributed by atoms with Crippen LogP contribution in [0.1, 0.15) is 13.3 Å². The van der Waals surface area contributed by atoms with Gasteiger partial charge in [-0.15, -0.1) is 11.8 Å². The molecule has 0 amide bonds. The van der Waals surface area contributed by atoms with Gasteiger partial charge in [0.25, 0.3) is 0 Å². The number of nitrogens with two attached hydrogens (primary N) is 1. The molecule has 0 unspecified atom stereocenters. The van der Waals surface area contributed by atoms with Crippen molar-refractivity contribution >= 4 is 28.4 Å². The molecule has 1 aromatic heterocycles. The third-order valence-electron chi connectivity index (χ3n) is 2.92. The quantitative estimate of drug-likeness (QED) is 0.494. The second-order valence-corrected chi connectivity index (χ2v) is 5.13. The molecule has 4 heteroatoms. The topological polar surface area (TPSA) is 40.2 Å². The van der Waals surface area contributed by atoms with Crippen LogP contribution in [0.4, 0.5) is 5.69 Å². The van der Waals surface area contributed by atoms with Crippen LogP contribution in [0, 0.1) is 0 Å². The Morgan fingerprint density at radius 3 is 2.89 bits per heavy atom. The Kier molecular flexibility index (Phi) is 4.55. The molecule has 0 saturated heterocycles. The van der Waals surface area contributed by atoms with E-state index in [-0.39, 0.29) is 0 Å². The first-order valence-corrected chi connectivity index (χ1v) is 7.48. The Morgan fingerprint density at radius 2 is 2.17 bits per heavy atom. The van der Waals surface area contributed by atoms with Gasteiger partial charge >= 0.3 is 0 Å². The first kappa shape index (κ1) is 13.3. The number of ether oxygens (including phenoxy) is 1. The molecule has 0 radical (unpaired) electrons. The van der Waals surface area contributed by atoms with Gasteiger partial charge in [0, 0.05) is 35.3 Å². The van der Waals surface area contributed by atoms with Crippen LogP contribution in [0.2, 0.25) is 0 Å². The van der Waals surface area contributed by atoms with Crippen molar-refractivity contribution < 1.29 is 4.74 Å². The predicted molar refractivity (Wildman–Crippen MR) is 79.2 cm³/mol. The first-order valence-electron chi connectivity index (χ1n) is 6.26. The summed E-state index contributed by atoms with van der Waals surface area (Å²) in [5.74, 6) is 0. The number of hydrogen-bond donors (Lipinski definition) is 1. The minimum absolute atomic E-state index is 0.751. The normalized spacial score (nSPS) is 11.2. The van der Waals surface area contributed by atoms with Crippen LogP contribution in [-0.2, 0) is 11.3 Å². The van der Waals surface area contributed by atoms with Crippen LogP contribution in [0.3, 0.4) is 0 Å². The van der Waals surface area contributed by atoms with E-state index in [4.69, 9.17) is 10.5 Å². The first-order chi connectivity index (χ1) is 8.76. The maximum atomic E-state index is 5.95. The molecule has 0 atom stereocenters. The number of anilines is 1. The smallest absolute Gasteiger partial charge is 0.0645 e. The van der Waals surface area contributed by atoms with Crippen molar-refractivity contribution in [2.75, 3.05) is 25.2 Å². The second kappa shape index (κ2) is 6.16. The lowest BCUT2D eigenvalue weighted by molar-refractivity contribution is 0.127. The van der Waals surface area contributed by atoms with Crippen molar-refractivity contribution in [2.45, 2.75) is 24.8 Å². The van der Waals surface area contributed by atoms with Crippen molar-refractivity contribution in [1.29, 1.82) is 0 Å². The highest BCUT2D eigenvalue weighted by Crippen LogP contribution is 2.29. The van der Waals surface area contributed by atoms with E-state index < -0.39 is 0 Å². The highest BCUT2D eigenvalue weighted by molar-refractivity contribution is 7.98. The lowest BCUT2D eigenvalue weighted by atomic mass is 10.2. The van der Waals surface area contributed by atoms with E-state index in [1.54, 1.807) is 11.8 Å². The fourth-order valence-electron chi connectivity index (χ4n) is 2.06. The van der Waals surface area contributed by atoms with Gasteiger partial charge in [0.15, 0.2) is 0 Å². The molecule has 0 aliphatic rings. The number of benzene rings is 1. The summed E-state index contributed by atoms with van der Waals surface area (Å²) in [5, 5.41) is 1.27. The molecular formula is C14H20N2OS. The molecule has 0 aliphatic carbocycles. The Morgan fingerprint density at radius 1 is 1.33 bits per heavy atom. The van der Waals surface area contributed by atoms with Crippen molar-refractivity contribution in [3.8, 4) is 0 Å². The maximum Gasteiger partial charge on any atom is 0.0645 e. The zero-order chi connectivity index (χ0) is 13.0. The fourth-order valence-corrected chi connectivity index (χ4v) is 2.70. The molecule has 0 fully saturated rings. The standard InChI is InChI=1S/C14H20N2OS/c1-3-7-17-8-6-16-5-4-12-13(16)9-11(15)10-14(12)18-2/h4-5,9-10H,3,6-8,15H2,1-2H3. The van der Waals surface area contributed by atoms with E-state index in [0.29, 0.717) is 0 Å². The SMILES string of the molecule is CCCOCCn1ccc2c(SC)cc(N)cc21. The van der Waals surface area contributed by atoms with Crippen LogP contribution in [0.15, 0.2) is 29.3 Å². The molecular weight excluding hydrogens is 244 g/mol. The number of fused-ring (bicyclic) bond motifs is 1. The molecule has 98 valence electrons. The van der Waals surface area contributed by atoms with Gasteiger partial charge in [-0.1, -0.05) is 6.92 Å². The molecule has 0 aliphatic heterocycles. The second-order valence-electron chi connectivity index (χ2n) is 4.28. The van der Waals surface area contributed by atoms with Crippen molar-refractivity contribution in [3.05, 3.63) is 24.4 Å². The Hall–Kier alpha value is -1.13. The number of nitrogen functional groups attached to an aromatic ring is 1. The van der Waals surface area contributed by atoms with E-state index >= 15 is 0 Å². The third-order valence-corrected chi connectivity index (χ3v) is 3.70. The Labute approximate surface area is 112 Å². The number of thioether (sulfide) groups is 1. The van der Waals surface area contributed by atoms with Crippen molar-refractivity contribution in [2.24, 2.45) is 0 Å². The van der Waals surface area contributed by atoms with Gasteiger partial charge in [-0.3, -0.25) is 0 Å². The molecule has 2 N–H and O–H groups in total. The van der Waals surface area contributed by atoms with Gasteiger partial charge in [-0.05, 0) is 30.9 Å². The molecule has 2 aromatic rings. The zero-order valence-electron chi connectivity index (χ0n) is 11.0. The van der Waals surface area contributed by atoms with Crippen LogP contribution < -0.4 is 5.73 Å². The molecule has 3 nitrogen and oxygen atoms in total. The van der Waals surface area contributed by atoms with Gasteiger partial charge in [-0.25, -0.2) is 0 Å². The summed E-state index contributed by atoms with van der Waals surface area (Å²) in [6.07, 6.45) is 5.26. The van der Waals surface area contributed by atoms with Crippen molar-refractivity contribution in [3.63, 3.8) is 0 Å². The van der Waals surface area contributed by atoms with Crippen LogP contribution in [-0.4, -0.2) is 24.0 Å². The van der Waals surface area contributed by atoms with E-state index in [1.807, 2.05) is 12.1 Å². The van der Waals surface area contributed by atoms with E-state index in [2.05, 4.69) is 30.0 Å². The zero-order valence-corrected chi connectivity index (χ0v) is 11.8. The van der Waals surface area contributed by atoms with Gasteiger partial charge in [-0.2, -0.15) is 0 Å². The van der Waals surface area contributed by atoms with Gasteiger partial charge in [0.2, 0.25) is 0 Å². The third kappa shape index (κ3) is 2.82. The van der Waals surface area contributed by atoms with Crippen LogP contribution in [0.25, 0.3) is 10.9 Å². The van der Waals surface area contributed by atoms with E-state index in [0.717, 1.165) is 31.9 Å². The van der Waals surface area contributed by atoms with Crippen molar-refractivity contribution in [1.82, 2.24) is 4.57 Å². The summed E-state index contributed by atoms with van der Waals surface area (Å²) in [4.78, 5) is 1.23. The summed E-state index contributed by atoms with van der Waals surface area (Å²) in [5.41, 5.74) is 7.96. The van der Waals surface area contributed by atoms with Gasteiger partial charge in [0.05, 0.1) is 12.1 Å². The van der Waals surface area contributed by atoms with Crippen LogP contribution in [0.5, 0.6) is 0 Å². The van der Waals surface area contributed by atoms with E-state index in [9.17, 15) is 0 Å². The predicted octanol–water partition coefficient (Wildman–Crippen LogP) is 3.37. The number of nitrogens with zero attached hydrogens (tertiary/aromatic N) is 1. The Balaban J connectivity index is 2.21. The molecule has 0 bridgehead atoms. The number of hydrogen-bond acceptors (Lipinski definition) is 3. The molecule has 18 heavy (non-hydrogen) atoms.